The van der Waals surface area contributed by atoms with Gasteiger partial charge in [0.1, 0.15) is 0 Å². The minimum Gasteiger partial charge on any atom is -0.359 e. The average molecular weight is 199 g/mol. The minimum atomic E-state index is 0.962. The van der Waals surface area contributed by atoms with Crippen LogP contribution in [0, 0.1) is 0 Å². The van der Waals surface area contributed by atoms with Crippen LogP contribution in [0.5, 0.6) is 0 Å². The number of nitrogens with zero attached hydrogens (tertiary/aromatic N) is 2. The van der Waals surface area contributed by atoms with Crippen LogP contribution in [0.2, 0.25) is 0 Å². The molecule has 0 aromatic carbocycles. The van der Waals surface area contributed by atoms with Crippen molar-refractivity contribution in [3.8, 4) is 0 Å². The highest BCUT2D eigenvalue weighted by molar-refractivity contribution is 7.98. The first-order valence-electron chi connectivity index (χ1n) is 4.56. The fourth-order valence-corrected chi connectivity index (χ4v) is 1.74. The van der Waals surface area contributed by atoms with Gasteiger partial charge in [-0.05, 0) is 24.9 Å². The largest absolute Gasteiger partial charge is 0.359 e. The normalized spacial score (nSPS) is 10.3. The van der Waals surface area contributed by atoms with Crippen molar-refractivity contribution >= 4 is 17.7 Å². The zero-order chi connectivity index (χ0) is 9.52. The molecule has 1 aromatic rings. The molecule has 1 N–H and O–H groups in total. The second-order valence-corrected chi connectivity index (χ2v) is 3.88. The van der Waals surface area contributed by atoms with Crippen LogP contribution in [0.25, 0.3) is 0 Å². The van der Waals surface area contributed by atoms with Crippen molar-refractivity contribution in [3.63, 3.8) is 0 Å². The van der Waals surface area contributed by atoms with E-state index < -0.39 is 0 Å². The predicted molar refractivity (Wildman–Crippen MR) is 59.4 cm³/mol. The fourth-order valence-electron chi connectivity index (χ4n) is 1.25. The summed E-state index contributed by atoms with van der Waals surface area (Å²) in [6.45, 7) is 1.07. The molecule has 1 heterocycles. The lowest BCUT2D eigenvalue weighted by Crippen LogP contribution is -2.03. The Morgan fingerprint density at radius 2 is 2.38 bits per heavy atom. The van der Waals surface area contributed by atoms with Crippen molar-refractivity contribution in [2.45, 2.75) is 19.4 Å². The Kier molecular flexibility index (Phi) is 4.75. The van der Waals surface area contributed by atoms with Gasteiger partial charge in [-0.3, -0.25) is 0 Å². The lowest BCUT2D eigenvalue weighted by Gasteiger charge is -2.05. The molecule has 0 unspecified atom stereocenters. The van der Waals surface area contributed by atoms with Gasteiger partial charge < -0.3 is 9.88 Å². The molecule has 0 saturated heterocycles. The summed E-state index contributed by atoms with van der Waals surface area (Å²) < 4.78 is 2.15. The zero-order valence-electron chi connectivity index (χ0n) is 8.29. The van der Waals surface area contributed by atoms with Crippen LogP contribution < -0.4 is 5.32 Å². The summed E-state index contributed by atoms with van der Waals surface area (Å²) in [5.74, 6) is 2.22. The molecular formula is C9H17N3S. The van der Waals surface area contributed by atoms with Gasteiger partial charge in [-0.1, -0.05) is 0 Å². The number of rotatable bonds is 6. The van der Waals surface area contributed by atoms with E-state index in [1.54, 1.807) is 0 Å². The molecule has 0 fully saturated rings. The third-order valence-corrected chi connectivity index (χ3v) is 2.63. The summed E-state index contributed by atoms with van der Waals surface area (Å²) in [4.78, 5) is 4.18. The van der Waals surface area contributed by atoms with Gasteiger partial charge in [0, 0.05) is 26.0 Å². The van der Waals surface area contributed by atoms with Crippen LogP contribution in [-0.4, -0.2) is 28.6 Å². The van der Waals surface area contributed by atoms with Gasteiger partial charge in [-0.15, -0.1) is 0 Å². The third kappa shape index (κ3) is 3.30. The van der Waals surface area contributed by atoms with E-state index in [1.165, 1.54) is 18.6 Å². The highest BCUT2D eigenvalue weighted by Gasteiger charge is 1.98. The number of hydrogen-bond acceptors (Lipinski definition) is 3. The van der Waals surface area contributed by atoms with E-state index >= 15 is 0 Å². The molecule has 74 valence electrons. The molecule has 13 heavy (non-hydrogen) atoms. The van der Waals surface area contributed by atoms with Gasteiger partial charge in [0.05, 0.1) is 0 Å². The lowest BCUT2D eigenvalue weighted by molar-refractivity contribution is 0.640. The van der Waals surface area contributed by atoms with Crippen LogP contribution in [0.3, 0.4) is 0 Å². The number of imidazole rings is 1. The Balaban J connectivity index is 2.27. The Morgan fingerprint density at radius 3 is 3.08 bits per heavy atom. The van der Waals surface area contributed by atoms with Crippen molar-refractivity contribution in [2.24, 2.45) is 0 Å². The number of hydrogen-bond donors (Lipinski definition) is 1. The molecule has 1 rings (SSSR count). The molecule has 0 aliphatic carbocycles. The van der Waals surface area contributed by atoms with Crippen LogP contribution >= 0.6 is 11.8 Å². The Hall–Kier alpha value is -0.640. The second kappa shape index (κ2) is 5.91. The number of aryl methyl sites for hydroxylation is 1. The molecule has 0 saturated carbocycles. The van der Waals surface area contributed by atoms with Gasteiger partial charge in [0.25, 0.3) is 0 Å². The quantitative estimate of drug-likeness (QED) is 0.711. The van der Waals surface area contributed by atoms with Crippen molar-refractivity contribution in [2.75, 3.05) is 24.4 Å². The van der Waals surface area contributed by atoms with E-state index in [4.69, 9.17) is 0 Å². The number of aromatic nitrogens is 2. The molecule has 3 nitrogen and oxygen atoms in total. The second-order valence-electron chi connectivity index (χ2n) is 2.89. The highest BCUT2D eigenvalue weighted by Crippen LogP contribution is 2.06. The maximum Gasteiger partial charge on any atom is 0.202 e. The summed E-state index contributed by atoms with van der Waals surface area (Å²) >= 11 is 1.91. The first-order chi connectivity index (χ1) is 6.38. The molecule has 0 radical (unpaired) electrons. The van der Waals surface area contributed by atoms with E-state index in [0.29, 0.717) is 0 Å². The molecule has 0 aliphatic rings. The Morgan fingerprint density at radius 1 is 1.54 bits per heavy atom. The van der Waals surface area contributed by atoms with Crippen molar-refractivity contribution < 1.29 is 0 Å². The third-order valence-electron chi connectivity index (χ3n) is 1.94. The topological polar surface area (TPSA) is 29.9 Å². The molecule has 0 bridgehead atoms. The first-order valence-corrected chi connectivity index (χ1v) is 5.95. The van der Waals surface area contributed by atoms with Crippen molar-refractivity contribution in [1.29, 1.82) is 0 Å². The maximum absolute atomic E-state index is 4.18. The molecule has 0 amide bonds. The number of nitrogens with one attached hydrogen (secondary N) is 1. The number of thioether (sulfide) groups is 1. The van der Waals surface area contributed by atoms with Crippen LogP contribution in [-0.2, 0) is 6.54 Å². The lowest BCUT2D eigenvalue weighted by atomic mass is 10.3. The Labute approximate surface area is 83.9 Å². The molecule has 0 atom stereocenters. The highest BCUT2D eigenvalue weighted by atomic mass is 32.2. The van der Waals surface area contributed by atoms with E-state index in [0.717, 1.165) is 12.5 Å². The first kappa shape index (κ1) is 10.4. The molecule has 0 spiro atoms. The number of unbranched alkanes of at least 4 members (excludes halogenated alkanes) is 1. The van der Waals surface area contributed by atoms with Crippen LogP contribution in [0.1, 0.15) is 12.8 Å². The summed E-state index contributed by atoms with van der Waals surface area (Å²) in [5, 5.41) is 3.06. The Bertz CT molecular complexity index is 235. The SMILES string of the molecule is CNc1nccn1CCCCSC. The molecule has 1 aromatic heterocycles. The number of anilines is 1. The van der Waals surface area contributed by atoms with Crippen molar-refractivity contribution in [1.82, 2.24) is 9.55 Å². The summed E-state index contributed by atoms with van der Waals surface area (Å²) in [7, 11) is 1.90. The van der Waals surface area contributed by atoms with Crippen LogP contribution in [0.4, 0.5) is 5.95 Å². The van der Waals surface area contributed by atoms with Gasteiger partial charge in [0.2, 0.25) is 5.95 Å². The minimum absolute atomic E-state index is 0.962. The summed E-state index contributed by atoms with van der Waals surface area (Å²) in [6, 6.07) is 0. The van der Waals surface area contributed by atoms with E-state index in [-0.39, 0.29) is 0 Å². The van der Waals surface area contributed by atoms with Gasteiger partial charge in [0.15, 0.2) is 0 Å². The van der Waals surface area contributed by atoms with Gasteiger partial charge in [-0.2, -0.15) is 11.8 Å². The molecular weight excluding hydrogens is 182 g/mol. The molecule has 4 heteroatoms. The maximum atomic E-state index is 4.18. The molecule has 0 aliphatic heterocycles. The average Bonchev–Trinajstić information content (AvgIpc) is 2.60. The monoisotopic (exact) mass is 199 g/mol. The summed E-state index contributed by atoms with van der Waals surface area (Å²) in [6.07, 6.45) is 8.51. The fraction of sp³-hybridized carbons (Fsp3) is 0.667. The van der Waals surface area contributed by atoms with Gasteiger partial charge in [-0.25, -0.2) is 4.98 Å². The smallest absolute Gasteiger partial charge is 0.202 e. The summed E-state index contributed by atoms with van der Waals surface area (Å²) in [5.41, 5.74) is 0. The van der Waals surface area contributed by atoms with Gasteiger partial charge >= 0.3 is 0 Å². The van der Waals surface area contributed by atoms with E-state index in [9.17, 15) is 0 Å². The standard InChI is InChI=1S/C9H17N3S/c1-10-9-11-5-7-12(9)6-3-4-8-13-2/h5,7H,3-4,6,8H2,1-2H3,(H,10,11). The predicted octanol–water partition coefficient (Wildman–Crippen LogP) is 2.07. The zero-order valence-corrected chi connectivity index (χ0v) is 9.10. The van der Waals surface area contributed by atoms with E-state index in [2.05, 4.69) is 21.1 Å². The van der Waals surface area contributed by atoms with E-state index in [1.807, 2.05) is 31.2 Å². The van der Waals surface area contributed by atoms with Crippen molar-refractivity contribution in [3.05, 3.63) is 12.4 Å². The van der Waals surface area contributed by atoms with Crippen LogP contribution in [0.15, 0.2) is 12.4 Å².